The molecule has 1 rings (SSSR count). The summed E-state index contributed by atoms with van der Waals surface area (Å²) in [5.74, 6) is 0. The number of hydrogen-bond acceptors (Lipinski definition) is 3. The first-order valence-electron chi connectivity index (χ1n) is 6.28. The molecule has 1 aromatic carbocycles. The van der Waals surface area contributed by atoms with E-state index < -0.39 is 6.10 Å². The molecule has 0 fully saturated rings. The highest BCUT2D eigenvalue weighted by Crippen LogP contribution is 2.10. The van der Waals surface area contributed by atoms with Crippen molar-refractivity contribution >= 4 is 0 Å². The van der Waals surface area contributed by atoms with Crippen LogP contribution in [0.25, 0.3) is 0 Å². The summed E-state index contributed by atoms with van der Waals surface area (Å²) >= 11 is 0. The molecule has 3 nitrogen and oxygen atoms in total. The second-order valence-electron chi connectivity index (χ2n) is 4.64. The first kappa shape index (κ1) is 14.2. The number of nitrogens with one attached hydrogen (secondary N) is 1. The van der Waals surface area contributed by atoms with Crippen molar-refractivity contribution in [1.82, 2.24) is 10.2 Å². The van der Waals surface area contributed by atoms with E-state index in [2.05, 4.69) is 24.3 Å². The van der Waals surface area contributed by atoms with Crippen LogP contribution in [0.15, 0.2) is 30.3 Å². The monoisotopic (exact) mass is 236 g/mol. The maximum Gasteiger partial charge on any atom is 0.0914 e. The molecule has 0 aliphatic heterocycles. The molecule has 0 radical (unpaired) electrons. The fourth-order valence-corrected chi connectivity index (χ4v) is 1.71. The van der Waals surface area contributed by atoms with Crippen LogP contribution in [-0.2, 0) is 0 Å². The third kappa shape index (κ3) is 6.41. The molecule has 1 aromatic rings. The molecule has 17 heavy (non-hydrogen) atoms. The van der Waals surface area contributed by atoms with Crippen LogP contribution in [0.2, 0.25) is 0 Å². The van der Waals surface area contributed by atoms with E-state index in [1.807, 2.05) is 30.3 Å². The Balaban J connectivity index is 2.07. The van der Waals surface area contributed by atoms with Gasteiger partial charge in [-0.2, -0.15) is 0 Å². The number of aliphatic hydroxyl groups is 1. The standard InChI is InChI=1S/C14H24N2O/c1-16(2)11-7-6-10-15-12-14(17)13-8-4-3-5-9-13/h3-5,8-9,14-15,17H,6-7,10-12H2,1-2H3. The van der Waals surface area contributed by atoms with Crippen molar-refractivity contribution in [2.45, 2.75) is 18.9 Å². The molecule has 0 saturated heterocycles. The molecule has 0 aliphatic carbocycles. The molecule has 2 N–H and O–H groups in total. The Bertz CT molecular complexity index is 288. The van der Waals surface area contributed by atoms with Crippen LogP contribution < -0.4 is 5.32 Å². The normalized spacial score (nSPS) is 12.9. The van der Waals surface area contributed by atoms with Crippen LogP contribution in [0.5, 0.6) is 0 Å². The van der Waals surface area contributed by atoms with Crippen LogP contribution in [0, 0.1) is 0 Å². The molecule has 96 valence electrons. The van der Waals surface area contributed by atoms with Gasteiger partial charge < -0.3 is 15.3 Å². The average Bonchev–Trinajstić information content (AvgIpc) is 2.34. The highest BCUT2D eigenvalue weighted by atomic mass is 16.3. The number of hydrogen-bond donors (Lipinski definition) is 2. The van der Waals surface area contributed by atoms with Gasteiger partial charge in [-0.15, -0.1) is 0 Å². The molecular formula is C14H24N2O. The lowest BCUT2D eigenvalue weighted by Crippen LogP contribution is -2.23. The van der Waals surface area contributed by atoms with Gasteiger partial charge in [0.15, 0.2) is 0 Å². The van der Waals surface area contributed by atoms with Crippen molar-refractivity contribution in [3.8, 4) is 0 Å². The van der Waals surface area contributed by atoms with Gasteiger partial charge in [-0.25, -0.2) is 0 Å². The zero-order valence-corrected chi connectivity index (χ0v) is 10.9. The summed E-state index contributed by atoms with van der Waals surface area (Å²) in [6.45, 7) is 2.73. The summed E-state index contributed by atoms with van der Waals surface area (Å²) in [5, 5.41) is 13.2. The summed E-state index contributed by atoms with van der Waals surface area (Å²) in [7, 11) is 4.18. The molecule has 1 atom stereocenters. The van der Waals surface area contributed by atoms with E-state index in [0.29, 0.717) is 6.54 Å². The lowest BCUT2D eigenvalue weighted by Gasteiger charge is -2.13. The van der Waals surface area contributed by atoms with Gasteiger partial charge in [0.2, 0.25) is 0 Å². The number of unbranched alkanes of at least 4 members (excludes halogenated alkanes) is 1. The number of nitrogens with zero attached hydrogens (tertiary/aromatic N) is 1. The van der Waals surface area contributed by atoms with Crippen molar-refractivity contribution < 1.29 is 5.11 Å². The van der Waals surface area contributed by atoms with E-state index in [1.165, 1.54) is 6.42 Å². The Labute approximate surface area is 104 Å². The van der Waals surface area contributed by atoms with E-state index in [0.717, 1.165) is 25.1 Å². The van der Waals surface area contributed by atoms with Crippen LogP contribution >= 0.6 is 0 Å². The van der Waals surface area contributed by atoms with Crippen LogP contribution in [0.4, 0.5) is 0 Å². The smallest absolute Gasteiger partial charge is 0.0914 e. The number of benzene rings is 1. The van der Waals surface area contributed by atoms with Crippen molar-refractivity contribution in [3.05, 3.63) is 35.9 Å². The molecule has 0 aliphatic rings. The zero-order valence-electron chi connectivity index (χ0n) is 10.9. The van der Waals surface area contributed by atoms with E-state index in [9.17, 15) is 5.11 Å². The molecule has 0 aromatic heterocycles. The highest BCUT2D eigenvalue weighted by molar-refractivity contribution is 5.17. The SMILES string of the molecule is CN(C)CCCCNCC(O)c1ccccc1. The molecule has 0 spiro atoms. The predicted octanol–water partition coefficient (Wildman–Crippen LogP) is 1.65. The Morgan fingerprint density at radius 3 is 2.53 bits per heavy atom. The van der Waals surface area contributed by atoms with Gasteiger partial charge in [0.25, 0.3) is 0 Å². The van der Waals surface area contributed by atoms with Gasteiger partial charge in [0, 0.05) is 6.54 Å². The summed E-state index contributed by atoms with van der Waals surface area (Å²) < 4.78 is 0. The lowest BCUT2D eigenvalue weighted by atomic mass is 10.1. The molecule has 0 heterocycles. The van der Waals surface area contributed by atoms with E-state index >= 15 is 0 Å². The Morgan fingerprint density at radius 1 is 1.18 bits per heavy atom. The van der Waals surface area contributed by atoms with E-state index in [-0.39, 0.29) is 0 Å². The fourth-order valence-electron chi connectivity index (χ4n) is 1.71. The topological polar surface area (TPSA) is 35.5 Å². The number of aliphatic hydroxyl groups excluding tert-OH is 1. The fraction of sp³-hybridized carbons (Fsp3) is 0.571. The second-order valence-corrected chi connectivity index (χ2v) is 4.64. The van der Waals surface area contributed by atoms with Gasteiger partial charge >= 0.3 is 0 Å². The first-order valence-corrected chi connectivity index (χ1v) is 6.28. The van der Waals surface area contributed by atoms with Gasteiger partial charge in [0.05, 0.1) is 6.10 Å². The van der Waals surface area contributed by atoms with Crippen molar-refractivity contribution in [3.63, 3.8) is 0 Å². The van der Waals surface area contributed by atoms with Crippen LogP contribution in [0.1, 0.15) is 24.5 Å². The minimum absolute atomic E-state index is 0.398. The molecule has 3 heteroatoms. The Morgan fingerprint density at radius 2 is 1.88 bits per heavy atom. The van der Waals surface area contributed by atoms with Gasteiger partial charge in [-0.1, -0.05) is 30.3 Å². The van der Waals surface area contributed by atoms with E-state index in [4.69, 9.17) is 0 Å². The van der Waals surface area contributed by atoms with Crippen molar-refractivity contribution in [1.29, 1.82) is 0 Å². The third-order valence-electron chi connectivity index (χ3n) is 2.73. The van der Waals surface area contributed by atoms with Crippen LogP contribution in [0.3, 0.4) is 0 Å². The molecule has 0 bridgehead atoms. The molecule has 1 unspecified atom stereocenters. The average molecular weight is 236 g/mol. The van der Waals surface area contributed by atoms with E-state index in [1.54, 1.807) is 0 Å². The summed E-state index contributed by atoms with van der Waals surface area (Å²) in [6.07, 6.45) is 1.95. The quantitative estimate of drug-likeness (QED) is 0.674. The summed E-state index contributed by atoms with van der Waals surface area (Å²) in [5.41, 5.74) is 0.980. The van der Waals surface area contributed by atoms with Crippen molar-refractivity contribution in [2.24, 2.45) is 0 Å². The highest BCUT2D eigenvalue weighted by Gasteiger charge is 2.05. The summed E-state index contributed by atoms with van der Waals surface area (Å²) in [6, 6.07) is 9.78. The molecule has 0 saturated carbocycles. The largest absolute Gasteiger partial charge is 0.387 e. The Hall–Kier alpha value is -0.900. The maximum atomic E-state index is 9.89. The van der Waals surface area contributed by atoms with Gasteiger partial charge in [0.1, 0.15) is 0 Å². The Kier molecular flexibility index (Phi) is 6.86. The van der Waals surface area contributed by atoms with Gasteiger partial charge in [-0.3, -0.25) is 0 Å². The first-order chi connectivity index (χ1) is 8.20. The number of rotatable bonds is 8. The zero-order chi connectivity index (χ0) is 12.5. The minimum atomic E-state index is -0.398. The molecular weight excluding hydrogens is 212 g/mol. The minimum Gasteiger partial charge on any atom is -0.387 e. The molecule has 0 amide bonds. The predicted molar refractivity (Wildman–Crippen MR) is 72.1 cm³/mol. The van der Waals surface area contributed by atoms with Crippen molar-refractivity contribution in [2.75, 3.05) is 33.7 Å². The summed E-state index contributed by atoms with van der Waals surface area (Å²) in [4.78, 5) is 2.19. The van der Waals surface area contributed by atoms with Gasteiger partial charge in [-0.05, 0) is 45.6 Å². The third-order valence-corrected chi connectivity index (χ3v) is 2.73. The second kappa shape index (κ2) is 8.23. The lowest BCUT2D eigenvalue weighted by molar-refractivity contribution is 0.174. The van der Waals surface area contributed by atoms with Crippen LogP contribution in [-0.4, -0.2) is 43.7 Å². The maximum absolute atomic E-state index is 9.89.